The van der Waals surface area contributed by atoms with Crippen molar-refractivity contribution in [1.29, 1.82) is 0 Å². The zero-order valence-corrected chi connectivity index (χ0v) is 18.9. The molecular weight excluding hydrogens is 388 g/mol. The Balaban J connectivity index is 2.22. The van der Waals surface area contributed by atoms with Gasteiger partial charge < -0.3 is 5.11 Å². The van der Waals surface area contributed by atoms with Crippen LogP contribution in [0.15, 0.2) is 29.2 Å². The number of rotatable bonds is 17. The lowest BCUT2D eigenvalue weighted by Gasteiger charge is -2.13. The van der Waals surface area contributed by atoms with Gasteiger partial charge in [-0.25, -0.2) is 4.79 Å². The average Bonchev–Trinajstić information content (AvgIpc) is 2.68. The summed E-state index contributed by atoms with van der Waals surface area (Å²) in [5.74, 6) is -1.23. The fraction of sp³-hybridized carbons (Fsp3) is 0.696. The molecule has 5 nitrogen and oxygen atoms in total. The van der Waals surface area contributed by atoms with Gasteiger partial charge in [-0.2, -0.15) is 8.42 Å². The quantitative estimate of drug-likeness (QED) is 0.235. The molecule has 0 aliphatic rings. The van der Waals surface area contributed by atoms with E-state index in [9.17, 15) is 18.3 Å². The van der Waals surface area contributed by atoms with Crippen LogP contribution in [0, 0.1) is 6.92 Å². The molecule has 1 atom stereocenters. The molecule has 0 bridgehead atoms. The van der Waals surface area contributed by atoms with Gasteiger partial charge in [-0.1, -0.05) is 102 Å². The number of carboxylic acids is 1. The average molecular weight is 427 g/mol. The van der Waals surface area contributed by atoms with Crippen molar-refractivity contribution in [2.45, 2.75) is 108 Å². The highest BCUT2D eigenvalue weighted by Crippen LogP contribution is 2.19. The van der Waals surface area contributed by atoms with Gasteiger partial charge >= 0.3 is 5.97 Å². The lowest BCUT2D eigenvalue weighted by molar-refractivity contribution is -0.145. The minimum Gasteiger partial charge on any atom is -0.479 e. The summed E-state index contributed by atoms with van der Waals surface area (Å²) in [7, 11) is -4.07. The van der Waals surface area contributed by atoms with E-state index in [2.05, 4.69) is 6.92 Å². The summed E-state index contributed by atoms with van der Waals surface area (Å²) in [5.41, 5.74) is 0.926. The van der Waals surface area contributed by atoms with E-state index < -0.39 is 22.2 Å². The Bertz CT molecular complexity index is 667. The molecule has 166 valence electrons. The predicted octanol–water partition coefficient (Wildman–Crippen LogP) is 6.24. The summed E-state index contributed by atoms with van der Waals surface area (Å²) >= 11 is 0. The minimum atomic E-state index is -4.07. The summed E-state index contributed by atoms with van der Waals surface area (Å²) in [4.78, 5) is 11.4. The van der Waals surface area contributed by atoms with Crippen molar-refractivity contribution < 1.29 is 22.5 Å². The maximum Gasteiger partial charge on any atom is 0.334 e. The molecule has 0 fully saturated rings. The highest BCUT2D eigenvalue weighted by atomic mass is 32.2. The van der Waals surface area contributed by atoms with Crippen LogP contribution in [-0.2, 0) is 19.1 Å². The van der Waals surface area contributed by atoms with Gasteiger partial charge in [0.05, 0.1) is 4.90 Å². The van der Waals surface area contributed by atoms with E-state index in [1.807, 2.05) is 6.92 Å². The SMILES string of the molecule is CCCCCCCCCCCCCCC(OS(=O)(=O)c1ccc(C)cc1)C(=O)O. The molecule has 0 aromatic heterocycles. The molecule has 1 aromatic rings. The molecule has 1 rings (SSSR count). The summed E-state index contributed by atoms with van der Waals surface area (Å²) < 4.78 is 29.6. The molecule has 0 saturated heterocycles. The summed E-state index contributed by atoms with van der Waals surface area (Å²) in [6, 6.07) is 6.20. The molecule has 6 heteroatoms. The first kappa shape index (κ1) is 25.6. The maximum atomic E-state index is 12.3. The van der Waals surface area contributed by atoms with Gasteiger partial charge in [-0.3, -0.25) is 4.18 Å². The molecule has 1 unspecified atom stereocenters. The van der Waals surface area contributed by atoms with Crippen LogP contribution in [-0.4, -0.2) is 25.6 Å². The van der Waals surface area contributed by atoms with Gasteiger partial charge in [0.15, 0.2) is 6.10 Å². The Labute approximate surface area is 177 Å². The largest absolute Gasteiger partial charge is 0.479 e. The Morgan fingerprint density at radius 3 is 1.76 bits per heavy atom. The predicted molar refractivity (Wildman–Crippen MR) is 117 cm³/mol. The molecule has 1 aromatic carbocycles. The van der Waals surface area contributed by atoms with E-state index in [1.165, 1.54) is 63.5 Å². The second-order valence-corrected chi connectivity index (χ2v) is 9.44. The van der Waals surface area contributed by atoms with Crippen LogP contribution in [0.25, 0.3) is 0 Å². The number of unbranched alkanes of at least 4 members (excludes halogenated alkanes) is 11. The van der Waals surface area contributed by atoms with E-state index in [1.54, 1.807) is 12.1 Å². The van der Waals surface area contributed by atoms with Crippen LogP contribution >= 0.6 is 0 Å². The second kappa shape index (κ2) is 14.6. The Hall–Kier alpha value is -1.40. The van der Waals surface area contributed by atoms with Crippen molar-refractivity contribution in [3.63, 3.8) is 0 Å². The van der Waals surface area contributed by atoms with Crippen LogP contribution < -0.4 is 0 Å². The smallest absolute Gasteiger partial charge is 0.334 e. The lowest BCUT2D eigenvalue weighted by Crippen LogP contribution is -2.27. The van der Waals surface area contributed by atoms with E-state index >= 15 is 0 Å². The lowest BCUT2D eigenvalue weighted by atomic mass is 10.0. The van der Waals surface area contributed by atoms with E-state index in [-0.39, 0.29) is 11.3 Å². The monoisotopic (exact) mass is 426 g/mol. The number of aryl methyl sites for hydroxylation is 1. The molecule has 0 aliphatic carbocycles. The number of hydrogen-bond donors (Lipinski definition) is 1. The van der Waals surface area contributed by atoms with Gasteiger partial charge in [0, 0.05) is 0 Å². The van der Waals surface area contributed by atoms with Crippen LogP contribution in [0.3, 0.4) is 0 Å². The van der Waals surface area contributed by atoms with Crippen LogP contribution in [0.2, 0.25) is 0 Å². The molecule has 0 amide bonds. The van der Waals surface area contributed by atoms with Crippen LogP contribution in [0.1, 0.15) is 96.0 Å². The minimum absolute atomic E-state index is 0.0101. The van der Waals surface area contributed by atoms with E-state index in [0.717, 1.165) is 24.8 Å². The summed E-state index contributed by atoms with van der Waals surface area (Å²) in [6.07, 6.45) is 13.0. The van der Waals surface area contributed by atoms with Gasteiger partial charge in [0.1, 0.15) is 0 Å². The summed E-state index contributed by atoms with van der Waals surface area (Å²) in [6.45, 7) is 4.08. The molecule has 0 heterocycles. The fourth-order valence-corrected chi connectivity index (χ4v) is 4.36. The number of carboxylic acid groups (broad SMARTS) is 1. The Morgan fingerprint density at radius 2 is 1.31 bits per heavy atom. The van der Waals surface area contributed by atoms with Gasteiger partial charge in [-0.05, 0) is 25.5 Å². The van der Waals surface area contributed by atoms with E-state index in [4.69, 9.17) is 4.18 Å². The zero-order chi connectivity index (χ0) is 21.5. The van der Waals surface area contributed by atoms with Crippen molar-refractivity contribution in [2.24, 2.45) is 0 Å². The third kappa shape index (κ3) is 11.4. The van der Waals surface area contributed by atoms with Crippen LogP contribution in [0.5, 0.6) is 0 Å². The van der Waals surface area contributed by atoms with Crippen LogP contribution in [0.4, 0.5) is 0 Å². The molecule has 0 spiro atoms. The third-order valence-corrected chi connectivity index (χ3v) is 6.48. The number of carbonyl (C=O) groups is 1. The third-order valence-electron chi connectivity index (χ3n) is 5.15. The molecular formula is C23H38O5S. The van der Waals surface area contributed by atoms with Gasteiger partial charge in [-0.15, -0.1) is 0 Å². The fourth-order valence-electron chi connectivity index (χ4n) is 3.30. The molecule has 0 radical (unpaired) electrons. The highest BCUT2D eigenvalue weighted by Gasteiger charge is 2.26. The Kier molecular flexibility index (Phi) is 12.9. The normalized spacial score (nSPS) is 12.8. The van der Waals surface area contributed by atoms with E-state index in [0.29, 0.717) is 6.42 Å². The first-order valence-electron chi connectivity index (χ1n) is 11.1. The molecule has 0 aliphatic heterocycles. The first-order chi connectivity index (χ1) is 13.9. The highest BCUT2D eigenvalue weighted by molar-refractivity contribution is 7.86. The van der Waals surface area contributed by atoms with Crippen molar-refractivity contribution in [2.75, 3.05) is 0 Å². The van der Waals surface area contributed by atoms with Crippen molar-refractivity contribution >= 4 is 16.1 Å². The van der Waals surface area contributed by atoms with Crippen molar-refractivity contribution in [3.8, 4) is 0 Å². The molecule has 0 saturated carbocycles. The first-order valence-corrected chi connectivity index (χ1v) is 12.5. The summed E-state index contributed by atoms with van der Waals surface area (Å²) in [5, 5.41) is 9.32. The topological polar surface area (TPSA) is 80.7 Å². The second-order valence-electron chi connectivity index (χ2n) is 7.87. The molecule has 29 heavy (non-hydrogen) atoms. The van der Waals surface area contributed by atoms with Crippen molar-refractivity contribution in [1.82, 2.24) is 0 Å². The maximum absolute atomic E-state index is 12.3. The number of benzene rings is 1. The molecule has 1 N–H and O–H groups in total. The number of aliphatic carboxylic acids is 1. The van der Waals surface area contributed by atoms with Gasteiger partial charge in [0.2, 0.25) is 0 Å². The zero-order valence-electron chi connectivity index (χ0n) is 18.1. The standard InChI is InChI=1S/C23H38O5S/c1-3-4-5-6-7-8-9-10-11-12-13-14-15-22(23(24)25)28-29(26,27)21-18-16-20(2)17-19-21/h16-19,22H,3-15H2,1-2H3,(H,24,25). The number of hydrogen-bond acceptors (Lipinski definition) is 4. The van der Waals surface area contributed by atoms with Gasteiger partial charge in [0.25, 0.3) is 10.1 Å². The van der Waals surface area contributed by atoms with Crippen molar-refractivity contribution in [3.05, 3.63) is 29.8 Å². The Morgan fingerprint density at radius 1 is 0.862 bits per heavy atom.